The second kappa shape index (κ2) is 6.17. The Kier molecular flexibility index (Phi) is 3.64. The van der Waals surface area contributed by atoms with Crippen molar-refractivity contribution in [1.82, 2.24) is 24.0 Å². The van der Waals surface area contributed by atoms with Crippen molar-refractivity contribution in [3.8, 4) is 11.3 Å². The third-order valence-corrected chi connectivity index (χ3v) is 5.23. The zero-order valence-electron chi connectivity index (χ0n) is 14.4. The Morgan fingerprint density at radius 3 is 2.70 bits per heavy atom. The molecule has 5 rings (SSSR count). The molecule has 0 spiro atoms. The number of rotatable bonds is 4. The molecule has 0 aliphatic carbocycles. The van der Waals surface area contributed by atoms with Crippen molar-refractivity contribution in [2.24, 2.45) is 0 Å². The summed E-state index contributed by atoms with van der Waals surface area (Å²) in [7, 11) is 0. The SMILES string of the molecule is Cc1cccc2nc(CNc3nn4cc(-c5ccc(F)cc5)nc4s3)cn12. The van der Waals surface area contributed by atoms with Crippen LogP contribution in [-0.2, 0) is 6.54 Å². The maximum atomic E-state index is 13.1. The van der Waals surface area contributed by atoms with Crippen molar-refractivity contribution in [1.29, 1.82) is 0 Å². The smallest absolute Gasteiger partial charge is 0.214 e. The molecule has 6 nitrogen and oxygen atoms in total. The minimum atomic E-state index is -0.258. The van der Waals surface area contributed by atoms with Gasteiger partial charge in [0.15, 0.2) is 0 Å². The predicted molar refractivity (Wildman–Crippen MR) is 104 cm³/mol. The van der Waals surface area contributed by atoms with Gasteiger partial charge in [-0.25, -0.2) is 18.9 Å². The van der Waals surface area contributed by atoms with Gasteiger partial charge in [-0.15, -0.1) is 5.10 Å². The first kappa shape index (κ1) is 16.0. The number of benzene rings is 1. The molecule has 0 fully saturated rings. The molecule has 134 valence electrons. The second-order valence-electron chi connectivity index (χ2n) is 6.25. The van der Waals surface area contributed by atoms with Crippen LogP contribution in [-0.4, -0.2) is 24.0 Å². The van der Waals surface area contributed by atoms with Gasteiger partial charge in [0.2, 0.25) is 10.1 Å². The van der Waals surface area contributed by atoms with E-state index < -0.39 is 0 Å². The molecular weight excluding hydrogens is 363 g/mol. The fraction of sp³-hybridized carbons (Fsp3) is 0.105. The Hall–Kier alpha value is -3.26. The Labute approximate surface area is 157 Å². The normalized spacial score (nSPS) is 11.5. The number of pyridine rings is 1. The van der Waals surface area contributed by atoms with Crippen LogP contribution in [0.3, 0.4) is 0 Å². The maximum absolute atomic E-state index is 13.1. The van der Waals surface area contributed by atoms with E-state index >= 15 is 0 Å². The van der Waals surface area contributed by atoms with Crippen molar-refractivity contribution in [3.05, 3.63) is 72.1 Å². The van der Waals surface area contributed by atoms with E-state index in [1.165, 1.54) is 23.5 Å². The molecule has 0 saturated heterocycles. The average molecular weight is 378 g/mol. The van der Waals surface area contributed by atoms with E-state index in [2.05, 4.69) is 37.8 Å². The summed E-state index contributed by atoms with van der Waals surface area (Å²) in [5, 5.41) is 8.60. The molecule has 0 aliphatic heterocycles. The van der Waals surface area contributed by atoms with Crippen LogP contribution in [0.5, 0.6) is 0 Å². The first-order valence-electron chi connectivity index (χ1n) is 8.45. The van der Waals surface area contributed by atoms with Crippen molar-refractivity contribution in [3.63, 3.8) is 0 Å². The van der Waals surface area contributed by atoms with Crippen LogP contribution >= 0.6 is 11.3 Å². The second-order valence-corrected chi connectivity index (χ2v) is 7.20. The minimum absolute atomic E-state index is 0.258. The van der Waals surface area contributed by atoms with Crippen LogP contribution in [0.25, 0.3) is 21.9 Å². The zero-order valence-corrected chi connectivity index (χ0v) is 15.2. The molecule has 0 saturated carbocycles. The van der Waals surface area contributed by atoms with Crippen LogP contribution in [0.4, 0.5) is 9.52 Å². The fourth-order valence-corrected chi connectivity index (χ4v) is 3.76. The highest BCUT2D eigenvalue weighted by Crippen LogP contribution is 2.25. The first-order valence-corrected chi connectivity index (χ1v) is 9.27. The van der Waals surface area contributed by atoms with E-state index in [1.54, 1.807) is 16.6 Å². The third-order valence-electron chi connectivity index (χ3n) is 4.35. The van der Waals surface area contributed by atoms with E-state index in [0.717, 1.165) is 38.4 Å². The number of aryl methyl sites for hydroxylation is 1. The molecule has 5 aromatic rings. The van der Waals surface area contributed by atoms with Crippen molar-refractivity contribution < 1.29 is 4.39 Å². The summed E-state index contributed by atoms with van der Waals surface area (Å²) in [6, 6.07) is 12.3. The lowest BCUT2D eigenvalue weighted by atomic mass is 10.2. The summed E-state index contributed by atoms with van der Waals surface area (Å²) in [4.78, 5) is 9.97. The Morgan fingerprint density at radius 2 is 1.93 bits per heavy atom. The highest BCUT2D eigenvalue weighted by atomic mass is 32.1. The van der Waals surface area contributed by atoms with Gasteiger partial charge in [0, 0.05) is 17.5 Å². The summed E-state index contributed by atoms with van der Waals surface area (Å²) in [6.07, 6.45) is 3.88. The number of hydrogen-bond acceptors (Lipinski definition) is 5. The van der Waals surface area contributed by atoms with Crippen LogP contribution in [0.15, 0.2) is 54.9 Å². The van der Waals surface area contributed by atoms with Gasteiger partial charge in [0.1, 0.15) is 11.5 Å². The number of fused-ring (bicyclic) bond motifs is 2. The van der Waals surface area contributed by atoms with Gasteiger partial charge in [-0.2, -0.15) is 0 Å². The van der Waals surface area contributed by atoms with E-state index in [1.807, 2.05) is 24.5 Å². The number of halogens is 1. The van der Waals surface area contributed by atoms with Crippen molar-refractivity contribution in [2.45, 2.75) is 13.5 Å². The predicted octanol–water partition coefficient (Wildman–Crippen LogP) is 4.17. The Morgan fingerprint density at radius 1 is 1.07 bits per heavy atom. The van der Waals surface area contributed by atoms with E-state index in [-0.39, 0.29) is 5.82 Å². The van der Waals surface area contributed by atoms with Crippen LogP contribution < -0.4 is 5.32 Å². The highest BCUT2D eigenvalue weighted by Gasteiger charge is 2.10. The zero-order chi connectivity index (χ0) is 18.4. The molecule has 1 N–H and O–H groups in total. The van der Waals surface area contributed by atoms with Gasteiger partial charge < -0.3 is 9.72 Å². The highest BCUT2D eigenvalue weighted by molar-refractivity contribution is 7.20. The fourth-order valence-electron chi connectivity index (χ4n) is 2.98. The summed E-state index contributed by atoms with van der Waals surface area (Å²) in [5.74, 6) is -0.258. The van der Waals surface area contributed by atoms with Gasteiger partial charge >= 0.3 is 0 Å². The molecule has 0 radical (unpaired) electrons. The maximum Gasteiger partial charge on any atom is 0.214 e. The minimum Gasteiger partial charge on any atom is -0.354 e. The lowest BCUT2D eigenvalue weighted by Crippen LogP contribution is -1.99. The van der Waals surface area contributed by atoms with Gasteiger partial charge in [0.05, 0.1) is 24.1 Å². The number of anilines is 1. The van der Waals surface area contributed by atoms with E-state index in [0.29, 0.717) is 6.54 Å². The number of nitrogens with one attached hydrogen (secondary N) is 1. The molecule has 0 atom stereocenters. The van der Waals surface area contributed by atoms with Gasteiger partial charge in [-0.1, -0.05) is 17.4 Å². The quantitative estimate of drug-likeness (QED) is 0.510. The van der Waals surface area contributed by atoms with Crippen LogP contribution in [0.1, 0.15) is 11.4 Å². The van der Waals surface area contributed by atoms with Crippen LogP contribution in [0.2, 0.25) is 0 Å². The molecule has 1 aromatic carbocycles. The summed E-state index contributed by atoms with van der Waals surface area (Å²) < 4.78 is 16.9. The molecule has 27 heavy (non-hydrogen) atoms. The molecular formula is C19H15FN6S. The molecule has 0 bridgehead atoms. The largest absolute Gasteiger partial charge is 0.354 e. The Bertz CT molecular complexity index is 1220. The van der Waals surface area contributed by atoms with Crippen molar-refractivity contribution >= 4 is 27.1 Å². The van der Waals surface area contributed by atoms with Gasteiger partial charge in [0.25, 0.3) is 0 Å². The first-order chi connectivity index (χ1) is 13.2. The number of nitrogens with zero attached hydrogens (tertiary/aromatic N) is 5. The van der Waals surface area contributed by atoms with Gasteiger partial charge in [-0.3, -0.25) is 0 Å². The summed E-state index contributed by atoms with van der Waals surface area (Å²) >= 11 is 1.47. The van der Waals surface area contributed by atoms with E-state index in [4.69, 9.17) is 0 Å². The van der Waals surface area contributed by atoms with Crippen molar-refractivity contribution in [2.75, 3.05) is 5.32 Å². The number of imidazole rings is 2. The lowest BCUT2D eigenvalue weighted by molar-refractivity contribution is 0.628. The molecule has 0 unspecified atom stereocenters. The summed E-state index contributed by atoms with van der Waals surface area (Å²) in [5.41, 5.74) is 4.67. The topological polar surface area (TPSA) is 59.5 Å². The molecule has 8 heteroatoms. The number of hydrogen-bond donors (Lipinski definition) is 1. The Balaban J connectivity index is 1.35. The molecule has 4 aromatic heterocycles. The van der Waals surface area contributed by atoms with Crippen LogP contribution in [0, 0.1) is 12.7 Å². The average Bonchev–Trinajstić information content (AvgIpc) is 3.33. The third kappa shape index (κ3) is 2.93. The van der Waals surface area contributed by atoms with Gasteiger partial charge in [-0.05, 0) is 43.3 Å². The molecule has 0 aliphatic rings. The standard InChI is InChI=1S/C19H15FN6S/c1-12-3-2-4-17-22-15(10-25(12)17)9-21-18-24-26-11-16(23-19(26)27-18)13-5-7-14(20)8-6-13/h2-8,10-11H,9H2,1H3,(H,21,24). The molecule has 4 heterocycles. The van der Waals surface area contributed by atoms with E-state index in [9.17, 15) is 4.39 Å². The monoisotopic (exact) mass is 378 g/mol. The lowest BCUT2D eigenvalue weighted by Gasteiger charge is -1.98. The number of aromatic nitrogens is 5. The molecule has 0 amide bonds. The summed E-state index contributed by atoms with van der Waals surface area (Å²) in [6.45, 7) is 2.64.